The number of methoxy groups -OCH3 is 1. The van der Waals surface area contributed by atoms with Gasteiger partial charge in [-0.1, -0.05) is 0 Å². The fraction of sp³-hybridized carbons (Fsp3) is 0.435. The van der Waals surface area contributed by atoms with Crippen LogP contribution < -0.4 is 5.32 Å². The number of hydrazine groups is 1. The summed E-state index contributed by atoms with van der Waals surface area (Å²) in [5.41, 5.74) is -1.81. The molecule has 0 aliphatic carbocycles. The van der Waals surface area contributed by atoms with Crippen LogP contribution in [0, 0.1) is 17.5 Å². The maximum atomic E-state index is 14.0. The molecular weight excluding hydrogens is 485 g/mol. The van der Waals surface area contributed by atoms with Gasteiger partial charge in [0, 0.05) is 43.3 Å². The van der Waals surface area contributed by atoms with Gasteiger partial charge < -0.3 is 24.8 Å². The summed E-state index contributed by atoms with van der Waals surface area (Å²) in [6.07, 6.45) is -0.525. The monoisotopic (exact) mass is 510 g/mol. The van der Waals surface area contributed by atoms with E-state index in [1.165, 1.54) is 23.9 Å². The van der Waals surface area contributed by atoms with Gasteiger partial charge in [0.1, 0.15) is 29.2 Å². The Hall–Kier alpha value is -3.42. The van der Waals surface area contributed by atoms with Crippen molar-refractivity contribution >= 4 is 18.1 Å². The van der Waals surface area contributed by atoms with Crippen LogP contribution >= 0.6 is 0 Å². The summed E-state index contributed by atoms with van der Waals surface area (Å²) in [6.45, 7) is 1.19. The number of likely N-dealkylation sites (N-methyl/N-ethyl adjacent to an activating group) is 1. The van der Waals surface area contributed by atoms with Crippen LogP contribution in [0.3, 0.4) is 0 Å². The zero-order valence-electron chi connectivity index (χ0n) is 19.8. The van der Waals surface area contributed by atoms with Crippen LogP contribution in [0.2, 0.25) is 0 Å². The van der Waals surface area contributed by atoms with Crippen molar-refractivity contribution in [2.24, 2.45) is 0 Å². The average molecular weight is 510 g/mol. The zero-order valence-corrected chi connectivity index (χ0v) is 19.8. The van der Waals surface area contributed by atoms with Crippen LogP contribution in [0.4, 0.5) is 13.2 Å². The lowest BCUT2D eigenvalue weighted by Gasteiger charge is -2.53. The van der Waals surface area contributed by atoms with E-state index >= 15 is 0 Å². The van der Waals surface area contributed by atoms with E-state index in [9.17, 15) is 32.7 Å². The van der Waals surface area contributed by atoms with Gasteiger partial charge in [-0.05, 0) is 6.92 Å². The Balaban J connectivity index is 1.75. The first kappa shape index (κ1) is 25.7. The molecule has 4 rings (SSSR count). The summed E-state index contributed by atoms with van der Waals surface area (Å²) in [4.78, 5) is 39.6. The van der Waals surface area contributed by atoms with Crippen LogP contribution in [0.25, 0.3) is 0 Å². The SMILES string of the molecule is CO/C(C=O)=C1\C(=O)N(C)C2(CCOC2)N2CC(O)/C(=C(/C)C(=O)NCc3c(F)cc(F)cc3F)N12. The molecule has 1 aromatic carbocycles. The molecule has 3 aliphatic rings. The second-order valence-corrected chi connectivity index (χ2v) is 8.63. The molecule has 0 aromatic heterocycles. The zero-order chi connectivity index (χ0) is 26.4. The first-order valence-electron chi connectivity index (χ1n) is 11.0. The second kappa shape index (κ2) is 9.56. The number of hydrogen-bond donors (Lipinski definition) is 2. The van der Waals surface area contributed by atoms with Crippen LogP contribution in [-0.4, -0.2) is 83.8 Å². The van der Waals surface area contributed by atoms with Gasteiger partial charge in [-0.2, -0.15) is 5.01 Å². The lowest BCUT2D eigenvalue weighted by molar-refractivity contribution is -0.179. The third kappa shape index (κ3) is 3.92. The summed E-state index contributed by atoms with van der Waals surface area (Å²) in [5.74, 6) is -5.14. The van der Waals surface area contributed by atoms with Gasteiger partial charge in [0.2, 0.25) is 5.91 Å². The van der Waals surface area contributed by atoms with Gasteiger partial charge in [-0.15, -0.1) is 0 Å². The van der Waals surface area contributed by atoms with E-state index in [4.69, 9.17) is 9.47 Å². The molecule has 13 heteroatoms. The van der Waals surface area contributed by atoms with E-state index in [-0.39, 0.29) is 35.9 Å². The van der Waals surface area contributed by atoms with Crippen molar-refractivity contribution in [3.63, 3.8) is 0 Å². The lowest BCUT2D eigenvalue weighted by atomic mass is 10.0. The number of nitrogens with zero attached hydrogens (tertiary/aromatic N) is 3. The van der Waals surface area contributed by atoms with Gasteiger partial charge in [0.25, 0.3) is 5.91 Å². The molecule has 194 valence electrons. The highest BCUT2D eigenvalue weighted by molar-refractivity contribution is 6.00. The number of ether oxygens (including phenoxy) is 2. The Labute approximate surface area is 204 Å². The molecule has 10 nitrogen and oxygen atoms in total. The number of aldehydes is 1. The number of carbonyl (C=O) groups is 3. The number of hydrogen-bond acceptors (Lipinski definition) is 8. The predicted octanol–water partition coefficient (Wildman–Crippen LogP) is 0.533. The standard InChI is InChI=1S/C23H25F3N4O6/c1-12(21(33)27-8-14-15(25)6-13(24)7-16(14)26)19-17(32)9-29-23(4-5-36-11-23)28(2)22(34)20(30(19)29)18(10-31)35-3/h6-7,10,17,32H,4-5,8-9,11H2,1-3H3,(H,27,33)/b19-12+,20-18+. The lowest BCUT2D eigenvalue weighted by Crippen LogP contribution is -2.69. The highest BCUT2D eigenvalue weighted by atomic mass is 19.1. The van der Waals surface area contributed by atoms with Gasteiger partial charge >= 0.3 is 0 Å². The largest absolute Gasteiger partial charge is 0.491 e. The molecule has 1 spiro atoms. The summed E-state index contributed by atoms with van der Waals surface area (Å²) in [7, 11) is 2.75. The number of fused-ring (bicyclic) bond motifs is 2. The van der Waals surface area contributed by atoms with Gasteiger partial charge in [0.15, 0.2) is 17.7 Å². The normalized spacial score (nSPS) is 26.9. The number of allylic oxidation sites excluding steroid dienone is 1. The first-order chi connectivity index (χ1) is 17.1. The quantitative estimate of drug-likeness (QED) is 0.336. The van der Waals surface area contributed by atoms with Crippen LogP contribution in [0.15, 0.2) is 34.9 Å². The van der Waals surface area contributed by atoms with E-state index in [1.54, 1.807) is 12.1 Å². The first-order valence-corrected chi connectivity index (χ1v) is 11.0. The molecule has 3 saturated heterocycles. The van der Waals surface area contributed by atoms with Gasteiger partial charge in [0.05, 0.1) is 32.6 Å². The summed E-state index contributed by atoms with van der Waals surface area (Å²) >= 11 is 0. The molecule has 2 atom stereocenters. The van der Waals surface area contributed by atoms with E-state index < -0.39 is 53.1 Å². The molecule has 3 fully saturated rings. The summed E-state index contributed by atoms with van der Waals surface area (Å²) in [6, 6.07) is 0.993. The molecule has 0 bridgehead atoms. The Bertz CT molecular complexity index is 1160. The highest BCUT2D eigenvalue weighted by Gasteiger charge is 2.59. The number of rotatable bonds is 5. The van der Waals surface area contributed by atoms with Gasteiger partial charge in [-0.25, -0.2) is 13.2 Å². The summed E-state index contributed by atoms with van der Waals surface area (Å²) in [5, 5.41) is 16.3. The van der Waals surface area contributed by atoms with Crippen molar-refractivity contribution < 1.29 is 42.1 Å². The molecule has 2 N–H and O–H groups in total. The van der Waals surface area contributed by atoms with Crippen molar-refractivity contribution in [3.8, 4) is 0 Å². The maximum absolute atomic E-state index is 14.0. The van der Waals surface area contributed by atoms with E-state index in [0.29, 0.717) is 31.4 Å². The minimum absolute atomic E-state index is 0.00771. The number of benzene rings is 1. The third-order valence-corrected chi connectivity index (χ3v) is 6.75. The number of amides is 2. The number of aliphatic hydroxyl groups is 1. The van der Waals surface area contributed by atoms with Crippen LogP contribution in [0.1, 0.15) is 18.9 Å². The third-order valence-electron chi connectivity index (χ3n) is 6.75. The number of aliphatic hydroxyl groups excluding tert-OH is 1. The summed E-state index contributed by atoms with van der Waals surface area (Å²) < 4.78 is 51.9. The molecule has 2 unspecified atom stereocenters. The van der Waals surface area contributed by atoms with Crippen molar-refractivity contribution in [3.05, 3.63) is 57.9 Å². The van der Waals surface area contributed by atoms with Crippen molar-refractivity contribution in [1.82, 2.24) is 20.2 Å². The molecule has 0 radical (unpaired) electrons. The van der Waals surface area contributed by atoms with E-state index in [1.807, 2.05) is 0 Å². The number of halogens is 3. The smallest absolute Gasteiger partial charge is 0.277 e. The maximum Gasteiger partial charge on any atom is 0.277 e. The highest BCUT2D eigenvalue weighted by Crippen LogP contribution is 2.45. The van der Waals surface area contributed by atoms with Crippen LogP contribution in [0.5, 0.6) is 0 Å². The molecule has 3 heterocycles. The molecule has 1 aromatic rings. The second-order valence-electron chi connectivity index (χ2n) is 8.63. The van der Waals surface area contributed by atoms with Crippen molar-refractivity contribution in [2.75, 3.05) is 33.9 Å². The van der Waals surface area contributed by atoms with E-state index in [0.717, 1.165) is 0 Å². The number of nitrogens with one attached hydrogen (secondary N) is 1. The van der Waals surface area contributed by atoms with Crippen molar-refractivity contribution in [2.45, 2.75) is 31.7 Å². The molecule has 3 aliphatic heterocycles. The fourth-order valence-electron chi connectivity index (χ4n) is 4.80. The molecule has 0 saturated carbocycles. The molecule has 2 amide bonds. The Morgan fingerprint density at radius 1 is 1.33 bits per heavy atom. The molecule has 36 heavy (non-hydrogen) atoms. The number of carbonyl (C=O) groups excluding carboxylic acids is 3. The van der Waals surface area contributed by atoms with Crippen molar-refractivity contribution in [1.29, 1.82) is 0 Å². The Morgan fingerprint density at radius 2 is 2.00 bits per heavy atom. The topological polar surface area (TPSA) is 112 Å². The Kier molecular flexibility index (Phi) is 6.82. The minimum atomic E-state index is -1.27. The Morgan fingerprint density at radius 3 is 2.56 bits per heavy atom. The van der Waals surface area contributed by atoms with E-state index in [2.05, 4.69) is 5.32 Å². The average Bonchev–Trinajstić information content (AvgIpc) is 3.45. The fourth-order valence-corrected chi connectivity index (χ4v) is 4.80. The molecular formula is C23H25F3N4O6. The van der Waals surface area contributed by atoms with Gasteiger partial charge in [-0.3, -0.25) is 19.4 Å². The van der Waals surface area contributed by atoms with Crippen LogP contribution in [-0.2, 0) is 30.4 Å². The minimum Gasteiger partial charge on any atom is -0.491 e. The predicted molar refractivity (Wildman–Crippen MR) is 116 cm³/mol.